The average Bonchev–Trinajstić information content (AvgIpc) is 2.78. The summed E-state index contributed by atoms with van der Waals surface area (Å²) in [6.07, 6.45) is 0.157. The minimum absolute atomic E-state index is 0.157. The van der Waals surface area contributed by atoms with Crippen LogP contribution in [0.25, 0.3) is 0 Å². The Bertz CT molecular complexity index is 1190. The molecular weight excluding hydrogens is 426 g/mol. The van der Waals surface area contributed by atoms with E-state index in [-0.39, 0.29) is 17.9 Å². The molecule has 4 rings (SSSR count). The van der Waals surface area contributed by atoms with Crippen molar-refractivity contribution in [1.82, 2.24) is 9.97 Å². The molecule has 1 aliphatic heterocycles. The molecule has 2 heterocycles. The number of benzene rings is 2. The number of amides is 1. The van der Waals surface area contributed by atoms with E-state index in [0.29, 0.717) is 40.4 Å². The molecule has 166 valence electrons. The van der Waals surface area contributed by atoms with Crippen LogP contribution in [0, 0.1) is 6.92 Å². The number of anilines is 1. The molecule has 1 aliphatic rings. The number of aromatic amines is 1. The lowest BCUT2D eigenvalue weighted by molar-refractivity contribution is -0.116. The maximum absolute atomic E-state index is 13.0. The molecule has 1 unspecified atom stereocenters. The number of carbonyl (C=O) groups excluding carboxylic acids is 1. The minimum atomic E-state index is -0.421. The van der Waals surface area contributed by atoms with Gasteiger partial charge in [0.25, 0.3) is 5.56 Å². The molecule has 0 saturated heterocycles. The summed E-state index contributed by atoms with van der Waals surface area (Å²) in [4.78, 5) is 32.9. The van der Waals surface area contributed by atoms with Gasteiger partial charge in [-0.25, -0.2) is 4.98 Å². The first-order valence-electron chi connectivity index (χ1n) is 10.4. The van der Waals surface area contributed by atoms with Crippen molar-refractivity contribution in [2.24, 2.45) is 0 Å². The Balaban J connectivity index is 1.64. The maximum atomic E-state index is 13.0. The van der Waals surface area contributed by atoms with E-state index in [1.165, 1.54) is 17.3 Å². The van der Waals surface area contributed by atoms with Gasteiger partial charge in [-0.2, -0.15) is 0 Å². The zero-order valence-corrected chi connectivity index (χ0v) is 19.0. The van der Waals surface area contributed by atoms with Crippen LogP contribution < -0.4 is 20.3 Å². The van der Waals surface area contributed by atoms with Gasteiger partial charge in [0.1, 0.15) is 5.82 Å². The highest BCUT2D eigenvalue weighted by molar-refractivity contribution is 7.98. The predicted octanol–water partition coefficient (Wildman–Crippen LogP) is 4.25. The van der Waals surface area contributed by atoms with Gasteiger partial charge in [0, 0.05) is 18.1 Å². The van der Waals surface area contributed by atoms with E-state index in [1.807, 2.05) is 26.0 Å². The second kappa shape index (κ2) is 9.48. The number of H-pyrrole nitrogens is 1. The van der Waals surface area contributed by atoms with Crippen molar-refractivity contribution in [2.75, 3.05) is 19.0 Å². The molecule has 1 atom stereocenters. The number of ether oxygens (including phenoxy) is 2. The van der Waals surface area contributed by atoms with E-state index >= 15 is 0 Å². The third-order valence-corrected chi connectivity index (χ3v) is 6.26. The first-order chi connectivity index (χ1) is 15.5. The number of hydrogen-bond donors (Lipinski definition) is 2. The maximum Gasteiger partial charge on any atom is 0.257 e. The molecular formula is C24H25N3O4S. The quantitative estimate of drug-likeness (QED) is 0.412. The Morgan fingerprint density at radius 3 is 2.62 bits per heavy atom. The van der Waals surface area contributed by atoms with E-state index in [9.17, 15) is 9.59 Å². The number of aryl methyl sites for hydroxylation is 1. The number of nitrogens with one attached hydrogen (secondary N) is 2. The SMILES string of the molecule is CCOc1ccc(C2CC(=O)Nc3nc(SCc4ccc(C)cc4)[nH]c(=O)c32)cc1OC. The molecule has 0 fully saturated rings. The Morgan fingerprint density at radius 1 is 1.12 bits per heavy atom. The highest BCUT2D eigenvalue weighted by Gasteiger charge is 2.31. The van der Waals surface area contributed by atoms with Crippen molar-refractivity contribution >= 4 is 23.5 Å². The molecule has 0 spiro atoms. The lowest BCUT2D eigenvalue weighted by Crippen LogP contribution is -2.31. The number of aromatic nitrogens is 2. The third-order valence-electron chi connectivity index (χ3n) is 5.32. The zero-order valence-electron chi connectivity index (χ0n) is 18.2. The van der Waals surface area contributed by atoms with Gasteiger partial charge < -0.3 is 19.8 Å². The van der Waals surface area contributed by atoms with Gasteiger partial charge in [0.2, 0.25) is 5.91 Å². The first-order valence-corrected chi connectivity index (χ1v) is 11.4. The Labute approximate surface area is 190 Å². The number of hydrogen-bond acceptors (Lipinski definition) is 6. The third kappa shape index (κ3) is 4.65. The van der Waals surface area contributed by atoms with E-state index in [2.05, 4.69) is 39.6 Å². The molecule has 7 nitrogen and oxygen atoms in total. The summed E-state index contributed by atoms with van der Waals surface area (Å²) >= 11 is 1.42. The van der Waals surface area contributed by atoms with Crippen molar-refractivity contribution in [3.63, 3.8) is 0 Å². The average molecular weight is 452 g/mol. The summed E-state index contributed by atoms with van der Waals surface area (Å²) in [5.41, 5.74) is 3.33. The van der Waals surface area contributed by atoms with E-state index in [4.69, 9.17) is 9.47 Å². The summed E-state index contributed by atoms with van der Waals surface area (Å²) in [7, 11) is 1.56. The second-order valence-corrected chi connectivity index (χ2v) is 8.52. The monoisotopic (exact) mass is 451 g/mol. The number of carbonyl (C=O) groups is 1. The number of nitrogens with zero attached hydrogens (tertiary/aromatic N) is 1. The lowest BCUT2D eigenvalue weighted by atomic mass is 9.86. The fourth-order valence-electron chi connectivity index (χ4n) is 3.72. The number of rotatable bonds is 7. The summed E-state index contributed by atoms with van der Waals surface area (Å²) in [5, 5.41) is 3.24. The molecule has 2 aromatic carbocycles. The molecule has 1 aromatic heterocycles. The van der Waals surface area contributed by atoms with Crippen molar-refractivity contribution in [2.45, 2.75) is 37.1 Å². The van der Waals surface area contributed by atoms with Gasteiger partial charge in [0.05, 0.1) is 19.3 Å². The van der Waals surface area contributed by atoms with Gasteiger partial charge in [-0.1, -0.05) is 47.7 Å². The van der Waals surface area contributed by atoms with E-state index < -0.39 is 5.92 Å². The Kier molecular flexibility index (Phi) is 6.50. The van der Waals surface area contributed by atoms with Crippen LogP contribution in [0.5, 0.6) is 11.5 Å². The van der Waals surface area contributed by atoms with Gasteiger partial charge in [-0.05, 0) is 37.1 Å². The zero-order chi connectivity index (χ0) is 22.7. The van der Waals surface area contributed by atoms with Crippen molar-refractivity contribution in [1.29, 1.82) is 0 Å². The van der Waals surface area contributed by atoms with Gasteiger partial charge in [0.15, 0.2) is 16.7 Å². The normalized spacial score (nSPS) is 15.1. The second-order valence-electron chi connectivity index (χ2n) is 7.56. The molecule has 1 amide bonds. The number of methoxy groups -OCH3 is 1. The number of thioether (sulfide) groups is 1. The van der Waals surface area contributed by atoms with Crippen LogP contribution in [0.15, 0.2) is 52.4 Å². The van der Waals surface area contributed by atoms with Crippen LogP contribution in [-0.4, -0.2) is 29.6 Å². The molecule has 8 heteroatoms. The van der Waals surface area contributed by atoms with Crippen LogP contribution >= 0.6 is 11.8 Å². The minimum Gasteiger partial charge on any atom is -0.493 e. The topological polar surface area (TPSA) is 93.3 Å². The standard InChI is InChI=1S/C24H25N3O4S/c1-4-31-18-10-9-16(11-19(18)30-3)17-12-20(28)25-22-21(17)23(29)27-24(26-22)32-13-15-7-5-14(2)6-8-15/h5-11,17H,4,12-13H2,1-3H3,(H2,25,26,27,28,29). The summed E-state index contributed by atoms with van der Waals surface area (Å²) < 4.78 is 11.0. The van der Waals surface area contributed by atoms with Crippen LogP contribution in [0.2, 0.25) is 0 Å². The molecule has 3 aromatic rings. The summed E-state index contributed by atoms with van der Waals surface area (Å²) in [6, 6.07) is 13.7. The molecule has 32 heavy (non-hydrogen) atoms. The van der Waals surface area contributed by atoms with Crippen LogP contribution in [0.1, 0.15) is 41.5 Å². The smallest absolute Gasteiger partial charge is 0.257 e. The molecule has 0 bridgehead atoms. The Hall–Kier alpha value is -3.26. The van der Waals surface area contributed by atoms with Gasteiger partial charge >= 0.3 is 0 Å². The predicted molar refractivity (Wildman–Crippen MR) is 125 cm³/mol. The highest BCUT2D eigenvalue weighted by Crippen LogP contribution is 2.38. The fourth-order valence-corrected chi connectivity index (χ4v) is 4.53. The van der Waals surface area contributed by atoms with Crippen LogP contribution in [0.4, 0.5) is 5.82 Å². The lowest BCUT2D eigenvalue weighted by Gasteiger charge is -2.25. The van der Waals surface area contributed by atoms with Crippen molar-refractivity contribution < 1.29 is 14.3 Å². The van der Waals surface area contributed by atoms with E-state index in [0.717, 1.165) is 11.1 Å². The van der Waals surface area contributed by atoms with Crippen LogP contribution in [-0.2, 0) is 10.5 Å². The molecule has 0 radical (unpaired) electrons. The molecule has 0 aliphatic carbocycles. The largest absolute Gasteiger partial charge is 0.493 e. The van der Waals surface area contributed by atoms with Gasteiger partial charge in [-0.15, -0.1) is 0 Å². The van der Waals surface area contributed by atoms with Crippen molar-refractivity contribution in [3.8, 4) is 11.5 Å². The van der Waals surface area contributed by atoms with E-state index in [1.54, 1.807) is 13.2 Å². The van der Waals surface area contributed by atoms with Gasteiger partial charge in [-0.3, -0.25) is 9.59 Å². The van der Waals surface area contributed by atoms with Crippen molar-refractivity contribution in [3.05, 3.63) is 75.1 Å². The van der Waals surface area contributed by atoms with Crippen LogP contribution in [0.3, 0.4) is 0 Å². The summed E-state index contributed by atoms with van der Waals surface area (Å²) in [6.45, 7) is 4.45. The highest BCUT2D eigenvalue weighted by atomic mass is 32.2. The Morgan fingerprint density at radius 2 is 1.91 bits per heavy atom. The molecule has 2 N–H and O–H groups in total. The first kappa shape index (κ1) is 22.0. The number of fused-ring (bicyclic) bond motifs is 1. The fraction of sp³-hybridized carbons (Fsp3) is 0.292. The molecule has 0 saturated carbocycles. The summed E-state index contributed by atoms with van der Waals surface area (Å²) in [5.74, 6) is 1.56.